The van der Waals surface area contributed by atoms with Crippen LogP contribution in [-0.2, 0) is 0 Å². The molecule has 0 amide bonds. The average molecular weight is 253 g/mol. The fraction of sp³-hybridized carbons (Fsp3) is 0.133. The first-order valence-electron chi connectivity index (χ1n) is 6.24. The largest absolute Gasteiger partial charge is 0.394 e. The Kier molecular flexibility index (Phi) is 3.16. The van der Waals surface area contributed by atoms with Crippen LogP contribution in [0.3, 0.4) is 0 Å². The zero-order valence-corrected chi connectivity index (χ0v) is 10.4. The van der Waals surface area contributed by atoms with E-state index in [1.54, 1.807) is 0 Å². The number of hydrogen-bond donors (Lipinski definition) is 3. The summed E-state index contributed by atoms with van der Waals surface area (Å²) in [5.41, 5.74) is 2.93. The number of hydrogen-bond acceptors (Lipinski definition) is 3. The molecular formula is C15H15N3O. The van der Waals surface area contributed by atoms with Crippen LogP contribution in [0.1, 0.15) is 11.6 Å². The van der Waals surface area contributed by atoms with Crippen molar-refractivity contribution in [2.24, 2.45) is 0 Å². The van der Waals surface area contributed by atoms with Crippen LogP contribution in [-0.4, -0.2) is 21.7 Å². The van der Waals surface area contributed by atoms with E-state index in [9.17, 15) is 5.11 Å². The third-order valence-electron chi connectivity index (χ3n) is 3.08. The molecule has 0 saturated carbocycles. The number of aliphatic hydroxyl groups excluding tert-OH is 1. The van der Waals surface area contributed by atoms with Crippen LogP contribution in [0, 0.1) is 0 Å². The molecule has 4 nitrogen and oxygen atoms in total. The lowest BCUT2D eigenvalue weighted by Crippen LogP contribution is -2.15. The Balaban J connectivity index is 1.86. The summed E-state index contributed by atoms with van der Waals surface area (Å²) in [5, 5.41) is 12.7. The number of fused-ring (bicyclic) bond motifs is 1. The maximum absolute atomic E-state index is 9.51. The van der Waals surface area contributed by atoms with E-state index in [2.05, 4.69) is 15.3 Å². The number of aromatic nitrogens is 2. The van der Waals surface area contributed by atoms with Crippen molar-refractivity contribution < 1.29 is 5.11 Å². The van der Waals surface area contributed by atoms with Crippen LogP contribution in [0.4, 0.5) is 5.95 Å². The van der Waals surface area contributed by atoms with Gasteiger partial charge < -0.3 is 15.4 Å². The van der Waals surface area contributed by atoms with Gasteiger partial charge >= 0.3 is 0 Å². The van der Waals surface area contributed by atoms with Crippen molar-refractivity contribution >= 4 is 17.0 Å². The summed E-state index contributed by atoms with van der Waals surface area (Å²) in [6.07, 6.45) is 0. The first-order chi connectivity index (χ1) is 9.36. The van der Waals surface area contributed by atoms with Crippen LogP contribution in [0.2, 0.25) is 0 Å². The van der Waals surface area contributed by atoms with Crippen LogP contribution in [0.25, 0.3) is 11.0 Å². The van der Waals surface area contributed by atoms with Crippen molar-refractivity contribution in [3.8, 4) is 0 Å². The minimum Gasteiger partial charge on any atom is -0.394 e. The molecule has 3 N–H and O–H groups in total. The molecule has 0 aliphatic carbocycles. The normalized spacial score (nSPS) is 12.5. The Morgan fingerprint density at radius 3 is 2.53 bits per heavy atom. The molecule has 0 aliphatic heterocycles. The molecule has 0 fully saturated rings. The fourth-order valence-electron chi connectivity index (χ4n) is 2.11. The standard InChI is InChI=1S/C15H15N3O/c19-10-14(11-6-2-1-3-7-11)18-15-16-12-8-4-5-9-13(12)17-15/h1-9,14,19H,10H2,(H2,16,17,18). The van der Waals surface area contributed by atoms with E-state index in [1.165, 1.54) is 0 Å². The molecule has 3 aromatic rings. The summed E-state index contributed by atoms with van der Waals surface area (Å²) < 4.78 is 0. The van der Waals surface area contributed by atoms with E-state index in [0.29, 0.717) is 5.95 Å². The molecule has 0 bridgehead atoms. The highest BCUT2D eigenvalue weighted by molar-refractivity contribution is 5.77. The minimum atomic E-state index is -0.165. The van der Waals surface area contributed by atoms with Gasteiger partial charge in [0.05, 0.1) is 23.7 Å². The number of H-pyrrole nitrogens is 1. The lowest BCUT2D eigenvalue weighted by Gasteiger charge is -2.15. The monoisotopic (exact) mass is 253 g/mol. The summed E-state index contributed by atoms with van der Waals surface area (Å²) >= 11 is 0. The molecule has 1 atom stereocenters. The Morgan fingerprint density at radius 1 is 1.05 bits per heavy atom. The number of aliphatic hydroxyl groups is 1. The molecule has 2 aromatic carbocycles. The first kappa shape index (κ1) is 11.7. The van der Waals surface area contributed by atoms with Crippen molar-refractivity contribution in [1.29, 1.82) is 0 Å². The van der Waals surface area contributed by atoms with Crippen molar-refractivity contribution in [2.45, 2.75) is 6.04 Å². The molecule has 1 heterocycles. The predicted octanol–water partition coefficient (Wildman–Crippen LogP) is 2.71. The highest BCUT2D eigenvalue weighted by Crippen LogP contribution is 2.19. The van der Waals surface area contributed by atoms with Gasteiger partial charge in [-0.3, -0.25) is 0 Å². The van der Waals surface area contributed by atoms with Gasteiger partial charge in [-0.15, -0.1) is 0 Å². The molecule has 4 heteroatoms. The quantitative estimate of drug-likeness (QED) is 0.670. The zero-order valence-electron chi connectivity index (χ0n) is 10.4. The molecule has 0 saturated heterocycles. The third-order valence-corrected chi connectivity index (χ3v) is 3.08. The highest BCUT2D eigenvalue weighted by Gasteiger charge is 2.11. The maximum atomic E-state index is 9.51. The van der Waals surface area contributed by atoms with Crippen molar-refractivity contribution in [2.75, 3.05) is 11.9 Å². The van der Waals surface area contributed by atoms with E-state index in [0.717, 1.165) is 16.6 Å². The summed E-state index contributed by atoms with van der Waals surface area (Å²) in [7, 11) is 0. The lowest BCUT2D eigenvalue weighted by molar-refractivity contribution is 0.276. The second-order valence-electron chi connectivity index (χ2n) is 4.39. The molecule has 0 spiro atoms. The highest BCUT2D eigenvalue weighted by atomic mass is 16.3. The number of anilines is 1. The van der Waals surface area contributed by atoms with E-state index < -0.39 is 0 Å². The summed E-state index contributed by atoms with van der Waals surface area (Å²) in [6, 6.07) is 17.5. The molecule has 1 unspecified atom stereocenters. The lowest BCUT2D eigenvalue weighted by atomic mass is 10.1. The van der Waals surface area contributed by atoms with Gasteiger partial charge in [0.1, 0.15) is 0 Å². The number of aromatic amines is 1. The minimum absolute atomic E-state index is 0.0149. The van der Waals surface area contributed by atoms with Gasteiger partial charge in [-0.1, -0.05) is 42.5 Å². The first-order valence-corrected chi connectivity index (χ1v) is 6.24. The van der Waals surface area contributed by atoms with Gasteiger partial charge in [0, 0.05) is 0 Å². The molecule has 1 aromatic heterocycles. The van der Waals surface area contributed by atoms with E-state index >= 15 is 0 Å². The maximum Gasteiger partial charge on any atom is 0.201 e. The number of rotatable bonds is 4. The summed E-state index contributed by atoms with van der Waals surface area (Å²) in [6.45, 7) is 0.0149. The predicted molar refractivity (Wildman–Crippen MR) is 76.0 cm³/mol. The molecule has 0 radical (unpaired) electrons. The van der Waals surface area contributed by atoms with Crippen LogP contribution in [0.5, 0.6) is 0 Å². The Bertz CT molecular complexity index is 630. The summed E-state index contributed by atoms with van der Waals surface area (Å²) in [4.78, 5) is 7.64. The smallest absolute Gasteiger partial charge is 0.201 e. The van der Waals surface area contributed by atoms with Gasteiger partial charge in [-0.2, -0.15) is 0 Å². The number of nitrogens with one attached hydrogen (secondary N) is 2. The van der Waals surface area contributed by atoms with Crippen LogP contribution in [0.15, 0.2) is 54.6 Å². The SMILES string of the molecule is OCC(Nc1nc2ccccc2[nH]1)c1ccccc1. The van der Waals surface area contributed by atoms with Crippen LogP contribution >= 0.6 is 0 Å². The van der Waals surface area contributed by atoms with Crippen LogP contribution < -0.4 is 5.32 Å². The topological polar surface area (TPSA) is 60.9 Å². The van der Waals surface area contributed by atoms with E-state index in [-0.39, 0.29) is 12.6 Å². The van der Waals surface area contributed by atoms with E-state index in [1.807, 2.05) is 54.6 Å². The van der Waals surface area contributed by atoms with Gasteiger partial charge in [-0.05, 0) is 17.7 Å². The van der Waals surface area contributed by atoms with Crippen molar-refractivity contribution in [3.05, 3.63) is 60.2 Å². The number of nitrogens with zero attached hydrogens (tertiary/aromatic N) is 1. The zero-order chi connectivity index (χ0) is 13.1. The number of benzene rings is 2. The molecular weight excluding hydrogens is 238 g/mol. The van der Waals surface area contributed by atoms with Crippen molar-refractivity contribution in [3.63, 3.8) is 0 Å². The second kappa shape index (κ2) is 5.12. The van der Waals surface area contributed by atoms with Gasteiger partial charge in [0.2, 0.25) is 5.95 Å². The molecule has 0 aliphatic rings. The third kappa shape index (κ3) is 2.44. The van der Waals surface area contributed by atoms with Crippen molar-refractivity contribution in [1.82, 2.24) is 9.97 Å². The molecule has 96 valence electrons. The van der Waals surface area contributed by atoms with E-state index in [4.69, 9.17) is 0 Å². The Hall–Kier alpha value is -2.33. The average Bonchev–Trinajstić information content (AvgIpc) is 2.88. The fourth-order valence-corrected chi connectivity index (χ4v) is 2.11. The van der Waals surface area contributed by atoms with Gasteiger partial charge in [-0.25, -0.2) is 4.98 Å². The Labute approximate surface area is 111 Å². The number of imidazole rings is 1. The van der Waals surface area contributed by atoms with Gasteiger partial charge in [0.15, 0.2) is 0 Å². The second-order valence-corrected chi connectivity index (χ2v) is 4.39. The summed E-state index contributed by atoms with van der Waals surface area (Å²) in [5.74, 6) is 0.670. The molecule has 19 heavy (non-hydrogen) atoms. The number of para-hydroxylation sites is 2. The Morgan fingerprint density at radius 2 is 1.79 bits per heavy atom. The van der Waals surface area contributed by atoms with Gasteiger partial charge in [0.25, 0.3) is 0 Å². The molecule has 3 rings (SSSR count).